The van der Waals surface area contributed by atoms with Gasteiger partial charge in [-0.3, -0.25) is 14.4 Å². The van der Waals surface area contributed by atoms with Crippen molar-refractivity contribution in [2.24, 2.45) is 11.7 Å². The van der Waals surface area contributed by atoms with Gasteiger partial charge in [-0.1, -0.05) is 60.7 Å². The molecule has 0 spiro atoms. The molecular formula is C22H25N3O3. The number of benzene rings is 2. The average molecular weight is 379 g/mol. The lowest BCUT2D eigenvalue weighted by molar-refractivity contribution is -0.153. The first-order valence-corrected chi connectivity index (χ1v) is 9.50. The van der Waals surface area contributed by atoms with Crippen LogP contribution in [0.1, 0.15) is 24.0 Å². The highest BCUT2D eigenvalue weighted by atomic mass is 16.2. The largest absolute Gasteiger partial charge is 0.369 e. The van der Waals surface area contributed by atoms with E-state index in [1.165, 1.54) is 4.90 Å². The third-order valence-corrected chi connectivity index (χ3v) is 5.09. The van der Waals surface area contributed by atoms with Crippen molar-refractivity contribution >= 4 is 17.7 Å². The van der Waals surface area contributed by atoms with E-state index in [2.05, 4.69) is 0 Å². The average Bonchev–Trinajstić information content (AvgIpc) is 2.74. The summed E-state index contributed by atoms with van der Waals surface area (Å²) >= 11 is 0. The molecule has 0 radical (unpaired) electrons. The maximum Gasteiger partial charge on any atom is 0.312 e. The van der Waals surface area contributed by atoms with Gasteiger partial charge in [0.15, 0.2) is 0 Å². The molecule has 6 nitrogen and oxygen atoms in total. The van der Waals surface area contributed by atoms with E-state index in [9.17, 15) is 14.4 Å². The second-order valence-electron chi connectivity index (χ2n) is 7.10. The normalized spacial score (nSPS) is 14.5. The van der Waals surface area contributed by atoms with Crippen LogP contribution >= 0.6 is 0 Å². The quantitative estimate of drug-likeness (QED) is 0.806. The van der Waals surface area contributed by atoms with Gasteiger partial charge >= 0.3 is 11.8 Å². The highest BCUT2D eigenvalue weighted by Crippen LogP contribution is 2.18. The van der Waals surface area contributed by atoms with E-state index in [4.69, 9.17) is 5.73 Å². The zero-order chi connectivity index (χ0) is 19.9. The molecule has 3 rings (SSSR count). The summed E-state index contributed by atoms with van der Waals surface area (Å²) in [6.07, 6.45) is 1.01. The van der Waals surface area contributed by atoms with Gasteiger partial charge in [-0.2, -0.15) is 0 Å². The highest BCUT2D eigenvalue weighted by Gasteiger charge is 2.31. The van der Waals surface area contributed by atoms with Crippen molar-refractivity contribution in [3.8, 4) is 0 Å². The van der Waals surface area contributed by atoms with Crippen molar-refractivity contribution in [1.82, 2.24) is 9.80 Å². The predicted molar refractivity (Wildman–Crippen MR) is 106 cm³/mol. The Balaban J connectivity index is 1.72. The molecule has 0 aliphatic carbocycles. The van der Waals surface area contributed by atoms with Crippen molar-refractivity contribution in [2.75, 3.05) is 13.1 Å². The number of piperidine rings is 1. The van der Waals surface area contributed by atoms with Crippen molar-refractivity contribution in [1.29, 1.82) is 0 Å². The summed E-state index contributed by atoms with van der Waals surface area (Å²) in [6, 6.07) is 19.2. The molecular weight excluding hydrogens is 354 g/mol. The van der Waals surface area contributed by atoms with E-state index in [1.54, 1.807) is 4.90 Å². The fourth-order valence-electron chi connectivity index (χ4n) is 3.44. The summed E-state index contributed by atoms with van der Waals surface area (Å²) in [6.45, 7) is 1.47. The number of amides is 3. The fourth-order valence-corrected chi connectivity index (χ4v) is 3.44. The Labute approximate surface area is 164 Å². The molecule has 0 aromatic heterocycles. The summed E-state index contributed by atoms with van der Waals surface area (Å²) in [7, 11) is 0. The van der Waals surface area contributed by atoms with Crippen molar-refractivity contribution in [2.45, 2.75) is 25.9 Å². The summed E-state index contributed by atoms with van der Waals surface area (Å²) in [5, 5.41) is 0. The molecule has 0 bridgehead atoms. The minimum atomic E-state index is -0.523. The van der Waals surface area contributed by atoms with E-state index in [-0.39, 0.29) is 11.8 Å². The molecule has 0 atom stereocenters. The molecule has 146 valence electrons. The number of nitrogens with zero attached hydrogens (tertiary/aromatic N) is 2. The second-order valence-corrected chi connectivity index (χ2v) is 7.10. The lowest BCUT2D eigenvalue weighted by Crippen LogP contribution is -2.48. The summed E-state index contributed by atoms with van der Waals surface area (Å²) in [5.41, 5.74) is 7.28. The zero-order valence-electron chi connectivity index (χ0n) is 15.8. The Hall–Kier alpha value is -3.15. The Morgan fingerprint density at radius 2 is 1.32 bits per heavy atom. The molecule has 1 aliphatic heterocycles. The van der Waals surface area contributed by atoms with Crippen LogP contribution in [0, 0.1) is 5.92 Å². The Kier molecular flexibility index (Phi) is 6.42. The number of hydrogen-bond acceptors (Lipinski definition) is 3. The van der Waals surface area contributed by atoms with Gasteiger partial charge in [0, 0.05) is 32.1 Å². The second kappa shape index (κ2) is 9.17. The molecule has 2 aromatic rings. The fraction of sp³-hybridized carbons (Fsp3) is 0.318. The first-order chi connectivity index (χ1) is 13.5. The smallest absolute Gasteiger partial charge is 0.312 e. The predicted octanol–water partition coefficient (Wildman–Crippen LogP) is 1.94. The lowest BCUT2D eigenvalue weighted by atomic mass is 9.96. The van der Waals surface area contributed by atoms with Crippen LogP contribution in [0.5, 0.6) is 0 Å². The van der Waals surface area contributed by atoms with Gasteiger partial charge in [-0.25, -0.2) is 0 Å². The number of primary amides is 1. The van der Waals surface area contributed by atoms with Gasteiger partial charge in [0.1, 0.15) is 0 Å². The van der Waals surface area contributed by atoms with Gasteiger partial charge in [0.2, 0.25) is 5.91 Å². The molecule has 28 heavy (non-hydrogen) atoms. The molecule has 0 unspecified atom stereocenters. The van der Waals surface area contributed by atoms with Crippen LogP contribution < -0.4 is 5.73 Å². The minimum Gasteiger partial charge on any atom is -0.369 e. The summed E-state index contributed by atoms with van der Waals surface area (Å²) < 4.78 is 0. The SMILES string of the molecule is NC(=O)C1CCN(C(=O)C(=O)N(Cc2ccccc2)Cc2ccccc2)CC1. The number of nitrogens with two attached hydrogens (primary N) is 1. The summed E-state index contributed by atoms with van der Waals surface area (Å²) in [4.78, 5) is 40.3. The number of rotatable bonds is 5. The van der Waals surface area contributed by atoms with Crippen LogP contribution in [0.3, 0.4) is 0 Å². The Morgan fingerprint density at radius 3 is 1.75 bits per heavy atom. The number of carbonyl (C=O) groups is 3. The van der Waals surface area contributed by atoms with Crippen LogP contribution in [-0.4, -0.2) is 40.6 Å². The highest BCUT2D eigenvalue weighted by molar-refractivity contribution is 6.34. The summed E-state index contributed by atoms with van der Waals surface area (Å²) in [5.74, 6) is -1.60. The van der Waals surface area contributed by atoms with Crippen molar-refractivity contribution < 1.29 is 14.4 Å². The minimum absolute atomic E-state index is 0.219. The topological polar surface area (TPSA) is 83.7 Å². The van der Waals surface area contributed by atoms with E-state index in [1.807, 2.05) is 60.7 Å². The molecule has 0 saturated carbocycles. The van der Waals surface area contributed by atoms with E-state index < -0.39 is 11.8 Å². The van der Waals surface area contributed by atoms with E-state index in [0.29, 0.717) is 39.0 Å². The third-order valence-electron chi connectivity index (χ3n) is 5.09. The maximum absolute atomic E-state index is 13.0. The molecule has 2 N–H and O–H groups in total. The van der Waals surface area contributed by atoms with Gasteiger partial charge in [0.25, 0.3) is 0 Å². The first kappa shape index (κ1) is 19.6. The van der Waals surface area contributed by atoms with Crippen molar-refractivity contribution in [3.63, 3.8) is 0 Å². The maximum atomic E-state index is 13.0. The van der Waals surface area contributed by atoms with Gasteiger partial charge in [-0.05, 0) is 24.0 Å². The number of likely N-dealkylation sites (tertiary alicyclic amines) is 1. The molecule has 1 aliphatic rings. The zero-order valence-corrected chi connectivity index (χ0v) is 15.8. The van der Waals surface area contributed by atoms with Crippen LogP contribution in [-0.2, 0) is 27.5 Å². The number of carbonyl (C=O) groups excluding carboxylic acids is 3. The third kappa shape index (κ3) is 4.97. The molecule has 1 fully saturated rings. The van der Waals surface area contributed by atoms with E-state index in [0.717, 1.165) is 11.1 Å². The van der Waals surface area contributed by atoms with Crippen LogP contribution in [0.25, 0.3) is 0 Å². The van der Waals surface area contributed by atoms with E-state index >= 15 is 0 Å². The van der Waals surface area contributed by atoms with Crippen molar-refractivity contribution in [3.05, 3.63) is 71.8 Å². The molecule has 6 heteroatoms. The molecule has 1 heterocycles. The lowest BCUT2D eigenvalue weighted by Gasteiger charge is -2.32. The first-order valence-electron chi connectivity index (χ1n) is 9.50. The molecule has 1 saturated heterocycles. The van der Waals surface area contributed by atoms with Crippen LogP contribution in [0.4, 0.5) is 0 Å². The van der Waals surface area contributed by atoms with Crippen LogP contribution in [0.15, 0.2) is 60.7 Å². The van der Waals surface area contributed by atoms with Gasteiger partial charge < -0.3 is 15.5 Å². The van der Waals surface area contributed by atoms with Crippen LogP contribution in [0.2, 0.25) is 0 Å². The number of hydrogen-bond donors (Lipinski definition) is 1. The molecule has 3 amide bonds. The Morgan fingerprint density at radius 1 is 0.857 bits per heavy atom. The van der Waals surface area contributed by atoms with Gasteiger partial charge in [-0.15, -0.1) is 0 Å². The molecule has 2 aromatic carbocycles. The van der Waals surface area contributed by atoms with Gasteiger partial charge in [0.05, 0.1) is 0 Å². The standard InChI is InChI=1S/C22H25N3O3/c23-20(26)19-11-13-24(14-12-19)21(27)22(28)25(15-17-7-3-1-4-8-17)16-18-9-5-2-6-10-18/h1-10,19H,11-16H2,(H2,23,26). The Bertz CT molecular complexity index is 774. The monoisotopic (exact) mass is 379 g/mol.